The van der Waals surface area contributed by atoms with E-state index in [4.69, 9.17) is 0 Å². The summed E-state index contributed by atoms with van der Waals surface area (Å²) in [5.41, 5.74) is 2.27. The van der Waals surface area contributed by atoms with Gasteiger partial charge in [-0.1, -0.05) is 6.07 Å². The standard InChI is InChI=1S/C17H21N5/c1-13-4-2-5-14(20-13)12-21-10-6-16-15(21)7-11-22(16)17-18-8-3-9-19-17/h2-5,8-9,15-16H,6-7,10-12H2,1H3/t15-,16+/m1/s1. The zero-order chi connectivity index (χ0) is 14.9. The smallest absolute Gasteiger partial charge is 0.225 e. The molecule has 0 N–H and O–H groups in total. The minimum absolute atomic E-state index is 0.548. The second-order valence-electron chi connectivity index (χ2n) is 6.20. The van der Waals surface area contributed by atoms with Gasteiger partial charge in [0.05, 0.1) is 5.69 Å². The van der Waals surface area contributed by atoms with Crippen molar-refractivity contribution in [3.05, 3.63) is 48.0 Å². The average Bonchev–Trinajstić information content (AvgIpc) is 3.11. The first-order valence-electron chi connectivity index (χ1n) is 8.01. The second kappa shape index (κ2) is 5.65. The van der Waals surface area contributed by atoms with E-state index >= 15 is 0 Å². The van der Waals surface area contributed by atoms with Crippen molar-refractivity contribution in [1.29, 1.82) is 0 Å². The van der Waals surface area contributed by atoms with Gasteiger partial charge in [0.2, 0.25) is 5.95 Å². The van der Waals surface area contributed by atoms with E-state index in [-0.39, 0.29) is 0 Å². The van der Waals surface area contributed by atoms with Gasteiger partial charge >= 0.3 is 0 Å². The largest absolute Gasteiger partial charge is 0.336 e. The van der Waals surface area contributed by atoms with Crippen LogP contribution in [0.3, 0.4) is 0 Å². The van der Waals surface area contributed by atoms with Gasteiger partial charge in [-0.3, -0.25) is 9.88 Å². The zero-order valence-electron chi connectivity index (χ0n) is 12.9. The Bertz CT molecular complexity index is 645. The van der Waals surface area contributed by atoms with Crippen LogP contribution in [0.4, 0.5) is 5.95 Å². The highest BCUT2D eigenvalue weighted by molar-refractivity contribution is 5.35. The fourth-order valence-corrected chi connectivity index (χ4v) is 3.86. The maximum absolute atomic E-state index is 4.65. The van der Waals surface area contributed by atoms with Crippen LogP contribution in [0, 0.1) is 6.92 Å². The molecule has 4 heterocycles. The summed E-state index contributed by atoms with van der Waals surface area (Å²) in [5.74, 6) is 0.880. The molecule has 2 aromatic heterocycles. The van der Waals surface area contributed by atoms with Crippen LogP contribution >= 0.6 is 0 Å². The molecule has 2 aliphatic rings. The zero-order valence-corrected chi connectivity index (χ0v) is 12.9. The fourth-order valence-electron chi connectivity index (χ4n) is 3.86. The van der Waals surface area contributed by atoms with Crippen LogP contribution in [0.5, 0.6) is 0 Å². The minimum Gasteiger partial charge on any atom is -0.336 e. The van der Waals surface area contributed by atoms with Gasteiger partial charge < -0.3 is 4.90 Å². The Balaban J connectivity index is 1.49. The lowest BCUT2D eigenvalue weighted by Gasteiger charge is -2.25. The minimum atomic E-state index is 0.548. The Morgan fingerprint density at radius 3 is 2.68 bits per heavy atom. The quantitative estimate of drug-likeness (QED) is 0.867. The van der Waals surface area contributed by atoms with Gasteiger partial charge in [-0.25, -0.2) is 9.97 Å². The van der Waals surface area contributed by atoms with Gasteiger partial charge in [-0.15, -0.1) is 0 Å². The molecule has 5 heteroatoms. The molecule has 5 nitrogen and oxygen atoms in total. The van der Waals surface area contributed by atoms with Crippen molar-refractivity contribution >= 4 is 5.95 Å². The third-order valence-corrected chi connectivity index (χ3v) is 4.81. The summed E-state index contributed by atoms with van der Waals surface area (Å²) in [6.07, 6.45) is 6.04. The van der Waals surface area contributed by atoms with Crippen LogP contribution in [0.2, 0.25) is 0 Å². The molecule has 0 radical (unpaired) electrons. The molecule has 2 fully saturated rings. The summed E-state index contributed by atoms with van der Waals surface area (Å²) in [5, 5.41) is 0. The number of fused-ring (bicyclic) bond motifs is 1. The highest BCUT2D eigenvalue weighted by Crippen LogP contribution is 2.34. The SMILES string of the molecule is Cc1cccc(CN2CC[C@H]3[C@H]2CCN3c2ncccn2)n1. The van der Waals surface area contributed by atoms with Crippen LogP contribution in [-0.2, 0) is 6.54 Å². The van der Waals surface area contributed by atoms with E-state index in [9.17, 15) is 0 Å². The predicted molar refractivity (Wildman–Crippen MR) is 85.6 cm³/mol. The molecule has 2 atom stereocenters. The molecule has 2 aliphatic heterocycles. The second-order valence-corrected chi connectivity index (χ2v) is 6.20. The molecule has 0 unspecified atom stereocenters. The van der Waals surface area contributed by atoms with E-state index in [1.807, 2.05) is 18.5 Å². The fraction of sp³-hybridized carbons (Fsp3) is 0.471. The average molecular weight is 295 g/mol. The van der Waals surface area contributed by atoms with Gasteiger partial charge in [0.15, 0.2) is 0 Å². The normalized spacial score (nSPS) is 24.7. The van der Waals surface area contributed by atoms with Gasteiger partial charge in [-0.05, 0) is 38.0 Å². The molecular formula is C17H21N5. The highest BCUT2D eigenvalue weighted by Gasteiger charge is 2.43. The molecule has 0 aliphatic carbocycles. The number of likely N-dealkylation sites (tertiary alicyclic amines) is 1. The van der Waals surface area contributed by atoms with Crippen molar-refractivity contribution < 1.29 is 0 Å². The summed E-state index contributed by atoms with van der Waals surface area (Å²) in [6.45, 7) is 5.19. The summed E-state index contributed by atoms with van der Waals surface area (Å²) in [7, 11) is 0. The first-order chi connectivity index (χ1) is 10.8. The van der Waals surface area contributed by atoms with Gasteiger partial charge in [0.25, 0.3) is 0 Å². The van der Waals surface area contributed by atoms with Crippen LogP contribution in [0.25, 0.3) is 0 Å². The van der Waals surface area contributed by atoms with Crippen LogP contribution in [-0.4, -0.2) is 45.0 Å². The first kappa shape index (κ1) is 13.6. The molecule has 2 saturated heterocycles. The van der Waals surface area contributed by atoms with Crippen molar-refractivity contribution in [3.8, 4) is 0 Å². The van der Waals surface area contributed by atoms with E-state index in [1.54, 1.807) is 0 Å². The summed E-state index contributed by atoms with van der Waals surface area (Å²) in [6, 6.07) is 9.32. The highest BCUT2D eigenvalue weighted by atomic mass is 15.4. The maximum atomic E-state index is 4.65. The summed E-state index contributed by atoms with van der Waals surface area (Å²) in [4.78, 5) is 18.5. The summed E-state index contributed by atoms with van der Waals surface area (Å²) >= 11 is 0. The monoisotopic (exact) mass is 295 g/mol. The Morgan fingerprint density at radius 2 is 1.86 bits per heavy atom. The van der Waals surface area contributed by atoms with Crippen LogP contribution in [0.15, 0.2) is 36.7 Å². The van der Waals surface area contributed by atoms with E-state index in [1.165, 1.54) is 18.5 Å². The first-order valence-corrected chi connectivity index (χ1v) is 8.01. The van der Waals surface area contributed by atoms with Gasteiger partial charge in [0.1, 0.15) is 0 Å². The number of hydrogen-bond acceptors (Lipinski definition) is 5. The van der Waals surface area contributed by atoms with Crippen molar-refractivity contribution in [3.63, 3.8) is 0 Å². The number of rotatable bonds is 3. The molecular weight excluding hydrogens is 274 g/mol. The molecule has 0 aromatic carbocycles. The van der Waals surface area contributed by atoms with Gasteiger partial charge in [0, 0.05) is 49.8 Å². The summed E-state index contributed by atoms with van der Waals surface area (Å²) < 4.78 is 0. The topological polar surface area (TPSA) is 45.2 Å². The van der Waals surface area contributed by atoms with E-state index in [2.05, 4.69) is 49.9 Å². The molecule has 22 heavy (non-hydrogen) atoms. The molecule has 114 valence electrons. The number of aromatic nitrogens is 3. The molecule has 0 bridgehead atoms. The number of hydrogen-bond donors (Lipinski definition) is 0. The number of pyridine rings is 1. The van der Waals surface area contributed by atoms with Crippen molar-refractivity contribution in [2.75, 3.05) is 18.0 Å². The number of aryl methyl sites for hydroxylation is 1. The third kappa shape index (κ3) is 2.46. The molecule has 2 aromatic rings. The lowest BCUT2D eigenvalue weighted by Crippen LogP contribution is -2.37. The lowest BCUT2D eigenvalue weighted by molar-refractivity contribution is 0.243. The predicted octanol–water partition coefficient (Wildman–Crippen LogP) is 2.03. The molecule has 0 spiro atoms. The molecule has 0 saturated carbocycles. The van der Waals surface area contributed by atoms with E-state index < -0.39 is 0 Å². The Hall–Kier alpha value is -2.01. The van der Waals surface area contributed by atoms with Crippen LogP contribution < -0.4 is 4.90 Å². The third-order valence-electron chi connectivity index (χ3n) is 4.81. The number of anilines is 1. The molecule has 4 rings (SSSR count). The lowest BCUT2D eigenvalue weighted by atomic mass is 10.1. The van der Waals surface area contributed by atoms with Gasteiger partial charge in [-0.2, -0.15) is 0 Å². The van der Waals surface area contributed by atoms with E-state index in [0.29, 0.717) is 12.1 Å². The Morgan fingerprint density at radius 1 is 1.05 bits per heavy atom. The Labute approximate surface area is 131 Å². The van der Waals surface area contributed by atoms with Crippen molar-refractivity contribution in [2.24, 2.45) is 0 Å². The van der Waals surface area contributed by atoms with Crippen molar-refractivity contribution in [1.82, 2.24) is 19.9 Å². The maximum Gasteiger partial charge on any atom is 0.225 e. The molecule has 0 amide bonds. The van der Waals surface area contributed by atoms with Crippen molar-refractivity contribution in [2.45, 2.75) is 38.4 Å². The van der Waals surface area contributed by atoms with E-state index in [0.717, 1.165) is 31.3 Å². The Kier molecular flexibility index (Phi) is 3.50. The van der Waals surface area contributed by atoms with Crippen LogP contribution in [0.1, 0.15) is 24.2 Å². The number of nitrogens with zero attached hydrogens (tertiary/aromatic N) is 5.